The van der Waals surface area contributed by atoms with Gasteiger partial charge >= 0.3 is 0 Å². The molecule has 0 bridgehead atoms. The first kappa shape index (κ1) is 9.86. The van der Waals surface area contributed by atoms with Gasteiger partial charge in [-0.25, -0.2) is 9.97 Å². The number of aromatic nitrogens is 2. The number of carbonyl (C=O) groups excluding carboxylic acids is 1. The van der Waals surface area contributed by atoms with Crippen molar-refractivity contribution >= 4 is 39.3 Å². The van der Waals surface area contributed by atoms with Crippen LogP contribution in [0.25, 0.3) is 0 Å². The fourth-order valence-electron chi connectivity index (χ4n) is 1.33. The summed E-state index contributed by atoms with van der Waals surface area (Å²) in [6.45, 7) is 0.511. The van der Waals surface area contributed by atoms with E-state index in [4.69, 9.17) is 11.6 Å². The lowest BCUT2D eigenvalue weighted by Crippen LogP contribution is -2.25. The molecule has 2 heterocycles. The molecule has 1 amide bonds. The average molecular weight is 277 g/mol. The lowest BCUT2D eigenvalue weighted by atomic mass is 10.4. The third-order valence-corrected chi connectivity index (χ3v) is 2.66. The highest BCUT2D eigenvalue weighted by Gasteiger charge is 2.29. The van der Waals surface area contributed by atoms with Crippen molar-refractivity contribution in [2.24, 2.45) is 0 Å². The molecule has 1 aromatic rings. The van der Waals surface area contributed by atoms with Gasteiger partial charge in [-0.3, -0.25) is 9.69 Å². The molecule has 0 radical (unpaired) electrons. The predicted molar refractivity (Wildman–Crippen MR) is 56.3 cm³/mol. The standard InChI is InChI=1S/C8H7BrClN3O/c9-6-2-12-7(3-11-6)13-4-5(10)1-8(13)14/h2-3,5H,1,4H2. The number of hydrogen-bond donors (Lipinski definition) is 0. The van der Waals surface area contributed by atoms with Gasteiger partial charge in [0.05, 0.1) is 17.8 Å². The van der Waals surface area contributed by atoms with E-state index in [0.717, 1.165) is 0 Å². The molecule has 1 saturated heterocycles. The Morgan fingerprint density at radius 2 is 2.29 bits per heavy atom. The van der Waals surface area contributed by atoms with Crippen molar-refractivity contribution in [3.8, 4) is 0 Å². The van der Waals surface area contributed by atoms with Gasteiger partial charge in [0.15, 0.2) is 5.82 Å². The maximum atomic E-state index is 11.4. The van der Waals surface area contributed by atoms with E-state index in [1.54, 1.807) is 17.3 Å². The zero-order valence-electron chi connectivity index (χ0n) is 7.15. The Kier molecular flexibility index (Phi) is 2.69. The van der Waals surface area contributed by atoms with Gasteiger partial charge in [-0.1, -0.05) is 0 Å². The highest BCUT2D eigenvalue weighted by molar-refractivity contribution is 9.10. The molecule has 2 rings (SSSR count). The Bertz CT molecular complexity index is 356. The molecular formula is C8H7BrClN3O. The molecule has 0 spiro atoms. The molecule has 1 aliphatic heterocycles. The van der Waals surface area contributed by atoms with Gasteiger partial charge in [0.2, 0.25) is 5.91 Å². The Morgan fingerprint density at radius 1 is 1.50 bits per heavy atom. The second-order valence-electron chi connectivity index (χ2n) is 3.00. The quantitative estimate of drug-likeness (QED) is 0.732. The molecule has 14 heavy (non-hydrogen) atoms. The number of rotatable bonds is 1. The van der Waals surface area contributed by atoms with E-state index >= 15 is 0 Å². The van der Waals surface area contributed by atoms with Gasteiger partial charge in [-0.15, -0.1) is 11.6 Å². The molecule has 74 valence electrons. The van der Waals surface area contributed by atoms with Crippen molar-refractivity contribution in [1.29, 1.82) is 0 Å². The first-order chi connectivity index (χ1) is 6.66. The first-order valence-electron chi connectivity index (χ1n) is 4.09. The number of nitrogens with zero attached hydrogens (tertiary/aromatic N) is 3. The lowest BCUT2D eigenvalue weighted by molar-refractivity contribution is -0.117. The number of carbonyl (C=O) groups is 1. The summed E-state index contributed by atoms with van der Waals surface area (Å²) in [6.07, 6.45) is 3.49. The van der Waals surface area contributed by atoms with Crippen LogP contribution in [0.5, 0.6) is 0 Å². The van der Waals surface area contributed by atoms with Gasteiger partial charge in [-0.05, 0) is 15.9 Å². The van der Waals surface area contributed by atoms with E-state index in [1.807, 2.05) is 0 Å². The van der Waals surface area contributed by atoms with Crippen LogP contribution in [0.2, 0.25) is 0 Å². The van der Waals surface area contributed by atoms with E-state index in [2.05, 4.69) is 25.9 Å². The topological polar surface area (TPSA) is 46.1 Å². The van der Waals surface area contributed by atoms with Crippen LogP contribution in [-0.2, 0) is 4.79 Å². The number of anilines is 1. The predicted octanol–water partition coefficient (Wildman–Crippen LogP) is 1.58. The molecule has 0 N–H and O–H groups in total. The van der Waals surface area contributed by atoms with Crippen molar-refractivity contribution in [3.63, 3.8) is 0 Å². The Labute approximate surface area is 94.4 Å². The monoisotopic (exact) mass is 275 g/mol. The van der Waals surface area contributed by atoms with Gasteiger partial charge < -0.3 is 0 Å². The summed E-state index contributed by atoms with van der Waals surface area (Å²) in [5.74, 6) is 0.558. The van der Waals surface area contributed by atoms with Crippen LogP contribution in [0.15, 0.2) is 17.0 Å². The van der Waals surface area contributed by atoms with Crippen LogP contribution in [0.1, 0.15) is 6.42 Å². The molecule has 0 aromatic carbocycles. The Morgan fingerprint density at radius 3 is 2.79 bits per heavy atom. The summed E-state index contributed by atoms with van der Waals surface area (Å²) in [5, 5.41) is -0.118. The maximum Gasteiger partial charge on any atom is 0.229 e. The number of hydrogen-bond acceptors (Lipinski definition) is 3. The smallest absolute Gasteiger partial charge is 0.229 e. The number of halogens is 2. The summed E-state index contributed by atoms with van der Waals surface area (Å²) in [7, 11) is 0. The van der Waals surface area contributed by atoms with Crippen LogP contribution >= 0.6 is 27.5 Å². The third-order valence-electron chi connectivity index (χ3n) is 1.96. The fourth-order valence-corrected chi connectivity index (χ4v) is 1.81. The molecule has 1 fully saturated rings. The highest BCUT2D eigenvalue weighted by Crippen LogP contribution is 2.22. The molecule has 0 aliphatic carbocycles. The van der Waals surface area contributed by atoms with E-state index < -0.39 is 0 Å². The van der Waals surface area contributed by atoms with E-state index in [-0.39, 0.29) is 11.3 Å². The highest BCUT2D eigenvalue weighted by atomic mass is 79.9. The summed E-state index contributed by atoms with van der Waals surface area (Å²) >= 11 is 9.04. The van der Waals surface area contributed by atoms with Gasteiger partial charge in [0.1, 0.15) is 4.60 Å². The molecular weight excluding hydrogens is 269 g/mol. The van der Waals surface area contributed by atoms with Crippen molar-refractivity contribution in [2.45, 2.75) is 11.8 Å². The van der Waals surface area contributed by atoms with Crippen LogP contribution in [0, 0.1) is 0 Å². The minimum absolute atomic E-state index is 0.00150. The third kappa shape index (κ3) is 1.88. The molecule has 0 saturated carbocycles. The van der Waals surface area contributed by atoms with Crippen molar-refractivity contribution in [1.82, 2.24) is 9.97 Å². The molecule has 1 atom stereocenters. The van der Waals surface area contributed by atoms with Crippen molar-refractivity contribution in [2.75, 3.05) is 11.4 Å². The van der Waals surface area contributed by atoms with Crippen LogP contribution in [-0.4, -0.2) is 27.8 Å². The molecule has 6 heteroatoms. The van der Waals surface area contributed by atoms with Crippen molar-refractivity contribution < 1.29 is 4.79 Å². The Balaban J connectivity index is 2.23. The minimum atomic E-state index is -0.118. The molecule has 1 aromatic heterocycles. The molecule has 4 nitrogen and oxygen atoms in total. The maximum absolute atomic E-state index is 11.4. The normalized spacial score (nSPS) is 21.7. The van der Waals surface area contributed by atoms with Gasteiger partial charge in [0.25, 0.3) is 0 Å². The van der Waals surface area contributed by atoms with Gasteiger partial charge in [-0.2, -0.15) is 0 Å². The number of amides is 1. The summed E-state index contributed by atoms with van der Waals surface area (Å²) in [4.78, 5) is 21.1. The number of alkyl halides is 1. The van der Waals surface area contributed by atoms with Crippen LogP contribution in [0.4, 0.5) is 5.82 Å². The van der Waals surface area contributed by atoms with E-state index in [0.29, 0.717) is 23.4 Å². The minimum Gasteiger partial charge on any atom is -0.294 e. The van der Waals surface area contributed by atoms with Crippen molar-refractivity contribution in [3.05, 3.63) is 17.0 Å². The summed E-state index contributed by atoms with van der Waals surface area (Å²) < 4.78 is 0.648. The molecule has 1 aliphatic rings. The molecule has 1 unspecified atom stereocenters. The second kappa shape index (κ2) is 3.82. The zero-order valence-corrected chi connectivity index (χ0v) is 9.49. The summed E-state index contributed by atoms with van der Waals surface area (Å²) in [5.41, 5.74) is 0. The SMILES string of the molecule is O=C1CC(Cl)CN1c1cnc(Br)cn1. The first-order valence-corrected chi connectivity index (χ1v) is 5.32. The zero-order chi connectivity index (χ0) is 10.1. The van der Waals surface area contributed by atoms with Crippen LogP contribution < -0.4 is 4.90 Å². The lowest BCUT2D eigenvalue weighted by Gasteiger charge is -2.13. The summed E-state index contributed by atoms with van der Waals surface area (Å²) in [6, 6.07) is 0. The van der Waals surface area contributed by atoms with E-state index in [9.17, 15) is 4.79 Å². The van der Waals surface area contributed by atoms with E-state index in [1.165, 1.54) is 0 Å². The Hall–Kier alpha value is -0.680. The average Bonchev–Trinajstić information content (AvgIpc) is 2.47. The largest absolute Gasteiger partial charge is 0.294 e. The fraction of sp³-hybridized carbons (Fsp3) is 0.375. The van der Waals surface area contributed by atoms with Gasteiger partial charge in [0, 0.05) is 13.0 Å². The second-order valence-corrected chi connectivity index (χ2v) is 4.43. The van der Waals surface area contributed by atoms with Crippen LogP contribution in [0.3, 0.4) is 0 Å².